The molecule has 0 fully saturated rings. The van der Waals surface area contributed by atoms with Crippen LogP contribution in [0.5, 0.6) is 5.75 Å². The second-order valence-electron chi connectivity index (χ2n) is 5.17. The van der Waals surface area contributed by atoms with E-state index < -0.39 is 4.92 Å². The van der Waals surface area contributed by atoms with Gasteiger partial charge in [-0.15, -0.1) is 0 Å². The summed E-state index contributed by atoms with van der Waals surface area (Å²) in [7, 11) is 0. The fourth-order valence-corrected chi connectivity index (χ4v) is 2.31. The largest absolute Gasteiger partial charge is 0.480 e. The van der Waals surface area contributed by atoms with E-state index in [4.69, 9.17) is 4.74 Å². The molecule has 1 aromatic carbocycles. The number of aromatic nitrogens is 2. The van der Waals surface area contributed by atoms with Gasteiger partial charge in [0.2, 0.25) is 0 Å². The van der Waals surface area contributed by atoms with Crippen LogP contribution in [-0.2, 0) is 6.61 Å². The molecule has 6 nitrogen and oxygen atoms in total. The summed E-state index contributed by atoms with van der Waals surface area (Å²) in [6, 6.07) is 8.75. The summed E-state index contributed by atoms with van der Waals surface area (Å²) in [4.78, 5) is 15.1. The van der Waals surface area contributed by atoms with Crippen LogP contribution in [0.15, 0.2) is 42.7 Å². The van der Waals surface area contributed by atoms with E-state index in [1.54, 1.807) is 12.1 Å². The van der Waals surface area contributed by atoms with Gasteiger partial charge in [-0.2, -0.15) is 0 Å². The molecule has 2 heterocycles. The molecule has 3 aromatic rings. The second-order valence-corrected chi connectivity index (χ2v) is 5.17. The number of nitro benzene ring substituents is 1. The van der Waals surface area contributed by atoms with E-state index in [1.165, 1.54) is 6.07 Å². The summed E-state index contributed by atoms with van der Waals surface area (Å²) < 4.78 is 7.53. The van der Waals surface area contributed by atoms with Crippen molar-refractivity contribution in [2.45, 2.75) is 20.5 Å². The molecular formula is C16H15N3O3. The predicted molar refractivity (Wildman–Crippen MR) is 82.1 cm³/mol. The lowest BCUT2D eigenvalue weighted by atomic mass is 10.2. The topological polar surface area (TPSA) is 69.7 Å². The maximum Gasteiger partial charge on any atom is 0.310 e. The standard InChI is InChI=1S/C16H15N3O3/c1-11-5-6-14(19(20)21)15(8-11)22-10-13-9-18-7-3-4-12(2)16(18)17-13/h3-9H,10H2,1-2H3. The Labute approximate surface area is 127 Å². The Balaban J connectivity index is 1.86. The summed E-state index contributed by atoms with van der Waals surface area (Å²) in [5, 5.41) is 11.0. The van der Waals surface area contributed by atoms with Crippen LogP contribution in [0.3, 0.4) is 0 Å². The Bertz CT molecular complexity index is 855. The minimum absolute atomic E-state index is 0.0365. The zero-order chi connectivity index (χ0) is 15.7. The van der Waals surface area contributed by atoms with E-state index in [1.807, 2.05) is 42.8 Å². The van der Waals surface area contributed by atoms with Gasteiger partial charge in [-0.1, -0.05) is 12.1 Å². The van der Waals surface area contributed by atoms with Gasteiger partial charge in [-0.3, -0.25) is 10.1 Å². The van der Waals surface area contributed by atoms with Gasteiger partial charge in [0, 0.05) is 18.5 Å². The van der Waals surface area contributed by atoms with Crippen molar-refractivity contribution in [2.75, 3.05) is 0 Å². The van der Waals surface area contributed by atoms with Gasteiger partial charge in [0.05, 0.1) is 10.6 Å². The maximum absolute atomic E-state index is 11.0. The first-order valence-corrected chi connectivity index (χ1v) is 6.85. The average molecular weight is 297 g/mol. The van der Waals surface area contributed by atoms with E-state index in [9.17, 15) is 10.1 Å². The number of aryl methyl sites for hydroxylation is 2. The number of benzene rings is 1. The van der Waals surface area contributed by atoms with Crippen molar-refractivity contribution in [2.24, 2.45) is 0 Å². The van der Waals surface area contributed by atoms with Crippen LogP contribution in [0.4, 0.5) is 5.69 Å². The molecule has 6 heteroatoms. The van der Waals surface area contributed by atoms with Gasteiger partial charge in [-0.25, -0.2) is 4.98 Å². The smallest absolute Gasteiger partial charge is 0.310 e. The van der Waals surface area contributed by atoms with Crippen molar-refractivity contribution in [3.05, 3.63) is 69.7 Å². The highest BCUT2D eigenvalue weighted by molar-refractivity contribution is 5.49. The number of ether oxygens (including phenoxy) is 1. The second kappa shape index (κ2) is 5.48. The van der Waals surface area contributed by atoms with Gasteiger partial charge >= 0.3 is 5.69 Å². The maximum atomic E-state index is 11.0. The van der Waals surface area contributed by atoms with E-state index >= 15 is 0 Å². The van der Waals surface area contributed by atoms with E-state index in [0.29, 0.717) is 0 Å². The molecule has 0 bridgehead atoms. The van der Waals surface area contributed by atoms with Crippen LogP contribution >= 0.6 is 0 Å². The SMILES string of the molecule is Cc1ccc([N+](=O)[O-])c(OCc2cn3cccc(C)c3n2)c1. The number of nitro groups is 1. The number of imidazole rings is 1. The molecule has 3 rings (SSSR count). The number of hydrogen-bond acceptors (Lipinski definition) is 4. The van der Waals surface area contributed by atoms with E-state index in [-0.39, 0.29) is 18.0 Å². The molecule has 112 valence electrons. The molecule has 0 unspecified atom stereocenters. The molecule has 0 atom stereocenters. The molecule has 0 N–H and O–H groups in total. The average Bonchev–Trinajstić information content (AvgIpc) is 2.89. The molecule has 0 saturated carbocycles. The summed E-state index contributed by atoms with van der Waals surface area (Å²) in [5.74, 6) is 0.263. The Hall–Kier alpha value is -2.89. The van der Waals surface area contributed by atoms with Crippen molar-refractivity contribution in [3.63, 3.8) is 0 Å². The Morgan fingerprint density at radius 3 is 2.86 bits per heavy atom. The van der Waals surface area contributed by atoms with E-state index in [2.05, 4.69) is 4.98 Å². The summed E-state index contributed by atoms with van der Waals surface area (Å²) in [6.07, 6.45) is 3.78. The van der Waals surface area contributed by atoms with Crippen LogP contribution in [0.2, 0.25) is 0 Å². The minimum atomic E-state index is -0.442. The van der Waals surface area contributed by atoms with Crippen molar-refractivity contribution < 1.29 is 9.66 Å². The molecule has 2 aromatic heterocycles. The van der Waals surface area contributed by atoms with Gasteiger partial charge < -0.3 is 9.14 Å². The third-order valence-corrected chi connectivity index (χ3v) is 3.42. The zero-order valence-electron chi connectivity index (χ0n) is 12.3. The quantitative estimate of drug-likeness (QED) is 0.546. The summed E-state index contributed by atoms with van der Waals surface area (Å²) in [6.45, 7) is 4.04. The van der Waals surface area contributed by atoms with Crippen LogP contribution in [-0.4, -0.2) is 14.3 Å². The highest BCUT2D eigenvalue weighted by Crippen LogP contribution is 2.28. The lowest BCUT2D eigenvalue weighted by molar-refractivity contribution is -0.386. The van der Waals surface area contributed by atoms with Crippen LogP contribution in [0, 0.1) is 24.0 Å². The Kier molecular flexibility index (Phi) is 3.50. The fourth-order valence-electron chi connectivity index (χ4n) is 2.31. The molecule has 0 aliphatic rings. The van der Waals surface area contributed by atoms with Crippen molar-refractivity contribution in [1.82, 2.24) is 9.38 Å². The monoisotopic (exact) mass is 297 g/mol. The van der Waals surface area contributed by atoms with Crippen LogP contribution in [0.1, 0.15) is 16.8 Å². The predicted octanol–water partition coefficient (Wildman–Crippen LogP) is 3.44. The highest BCUT2D eigenvalue weighted by atomic mass is 16.6. The molecule has 0 aliphatic heterocycles. The fraction of sp³-hybridized carbons (Fsp3) is 0.188. The lowest BCUT2D eigenvalue weighted by Gasteiger charge is -2.05. The number of fused-ring (bicyclic) bond motifs is 1. The first-order chi connectivity index (χ1) is 10.5. The normalized spacial score (nSPS) is 10.8. The Morgan fingerprint density at radius 2 is 2.14 bits per heavy atom. The van der Waals surface area contributed by atoms with Gasteiger partial charge in [0.1, 0.15) is 12.3 Å². The van der Waals surface area contributed by atoms with Gasteiger partial charge in [-0.05, 0) is 37.1 Å². The number of pyridine rings is 1. The summed E-state index contributed by atoms with van der Waals surface area (Å²) >= 11 is 0. The third kappa shape index (κ3) is 2.63. The van der Waals surface area contributed by atoms with Gasteiger partial charge in [0.15, 0.2) is 5.75 Å². The van der Waals surface area contributed by atoms with Gasteiger partial charge in [0.25, 0.3) is 0 Å². The zero-order valence-corrected chi connectivity index (χ0v) is 12.3. The van der Waals surface area contributed by atoms with Crippen LogP contribution in [0.25, 0.3) is 5.65 Å². The van der Waals surface area contributed by atoms with Crippen molar-refractivity contribution in [3.8, 4) is 5.75 Å². The minimum Gasteiger partial charge on any atom is -0.480 e. The molecule has 0 spiro atoms. The first-order valence-electron chi connectivity index (χ1n) is 6.85. The third-order valence-electron chi connectivity index (χ3n) is 3.42. The van der Waals surface area contributed by atoms with Crippen LogP contribution < -0.4 is 4.74 Å². The molecule has 0 radical (unpaired) electrons. The molecular weight excluding hydrogens is 282 g/mol. The lowest BCUT2D eigenvalue weighted by Crippen LogP contribution is -1.99. The van der Waals surface area contributed by atoms with Crippen molar-refractivity contribution >= 4 is 11.3 Å². The number of hydrogen-bond donors (Lipinski definition) is 0. The van der Waals surface area contributed by atoms with E-state index in [0.717, 1.165) is 22.5 Å². The highest BCUT2D eigenvalue weighted by Gasteiger charge is 2.15. The molecule has 0 amide bonds. The molecule has 22 heavy (non-hydrogen) atoms. The van der Waals surface area contributed by atoms with Crippen molar-refractivity contribution in [1.29, 1.82) is 0 Å². The first kappa shape index (κ1) is 14.1. The Morgan fingerprint density at radius 1 is 1.32 bits per heavy atom. The molecule has 0 saturated heterocycles. The summed E-state index contributed by atoms with van der Waals surface area (Å²) in [5.41, 5.74) is 3.53. The number of nitrogens with zero attached hydrogens (tertiary/aromatic N) is 3. The molecule has 0 aliphatic carbocycles. The number of rotatable bonds is 4.